The first-order valence-corrected chi connectivity index (χ1v) is 9.11. The number of amides is 1. The Morgan fingerprint density at radius 3 is 2.80 bits per heavy atom. The van der Waals surface area contributed by atoms with Crippen molar-refractivity contribution < 1.29 is 9.18 Å². The summed E-state index contributed by atoms with van der Waals surface area (Å²) >= 11 is 7.30. The number of hydrogen-bond acceptors (Lipinski definition) is 4. The summed E-state index contributed by atoms with van der Waals surface area (Å²) in [6, 6.07) is 12.0. The lowest BCUT2D eigenvalue weighted by molar-refractivity contribution is -0.125. The van der Waals surface area contributed by atoms with E-state index in [1.807, 2.05) is 24.3 Å². The maximum absolute atomic E-state index is 13.3. The highest BCUT2D eigenvalue weighted by Crippen LogP contribution is 2.33. The molecule has 0 bridgehead atoms. The van der Waals surface area contributed by atoms with Crippen molar-refractivity contribution in [3.8, 4) is 0 Å². The zero-order valence-corrected chi connectivity index (χ0v) is 14.8. The van der Waals surface area contributed by atoms with Crippen molar-refractivity contribution in [1.29, 1.82) is 0 Å². The molecule has 0 atom stereocenters. The van der Waals surface area contributed by atoms with Gasteiger partial charge in [-0.2, -0.15) is 0 Å². The molecular weight excluding hydrogens is 361 g/mol. The molecule has 1 aliphatic heterocycles. The van der Waals surface area contributed by atoms with E-state index in [4.69, 9.17) is 11.6 Å². The van der Waals surface area contributed by atoms with Crippen molar-refractivity contribution in [2.75, 3.05) is 18.0 Å². The maximum atomic E-state index is 13.3. The number of aromatic nitrogens is 1. The third-order valence-electron chi connectivity index (χ3n) is 4.24. The fourth-order valence-electron chi connectivity index (χ4n) is 2.76. The van der Waals surface area contributed by atoms with E-state index in [0.29, 0.717) is 24.7 Å². The summed E-state index contributed by atoms with van der Waals surface area (Å²) < 4.78 is 14.1. The highest BCUT2D eigenvalue weighted by molar-refractivity contribution is 7.22. The minimum Gasteiger partial charge on any atom is -0.352 e. The van der Waals surface area contributed by atoms with E-state index in [1.165, 1.54) is 23.5 Å². The SMILES string of the molecule is O=C(NCc1ccc(Cl)cc1)C1CN(c2nc3ccc(F)cc3s2)C1. The van der Waals surface area contributed by atoms with Gasteiger partial charge in [-0.3, -0.25) is 4.79 Å². The molecule has 25 heavy (non-hydrogen) atoms. The number of halogens is 2. The third-order valence-corrected chi connectivity index (χ3v) is 5.57. The van der Waals surface area contributed by atoms with Crippen LogP contribution in [0.15, 0.2) is 42.5 Å². The lowest BCUT2D eigenvalue weighted by Crippen LogP contribution is -2.53. The third kappa shape index (κ3) is 3.45. The smallest absolute Gasteiger partial charge is 0.226 e. The minimum absolute atomic E-state index is 0.0401. The van der Waals surface area contributed by atoms with Gasteiger partial charge in [0.1, 0.15) is 5.82 Å². The molecular formula is C18H15ClFN3OS. The lowest BCUT2D eigenvalue weighted by atomic mass is 10.00. The van der Waals surface area contributed by atoms with E-state index in [0.717, 1.165) is 20.9 Å². The molecule has 0 spiro atoms. The Kier molecular flexibility index (Phi) is 4.31. The normalized spacial score (nSPS) is 14.6. The minimum atomic E-state index is -0.259. The number of thiazole rings is 1. The molecule has 7 heteroatoms. The van der Waals surface area contributed by atoms with Gasteiger partial charge < -0.3 is 10.2 Å². The highest BCUT2D eigenvalue weighted by Gasteiger charge is 2.34. The van der Waals surface area contributed by atoms with Crippen LogP contribution < -0.4 is 10.2 Å². The first-order chi connectivity index (χ1) is 12.1. The molecule has 1 fully saturated rings. The molecule has 1 N–H and O–H groups in total. The van der Waals surface area contributed by atoms with Crippen molar-refractivity contribution in [3.05, 3.63) is 58.9 Å². The fourth-order valence-corrected chi connectivity index (χ4v) is 3.89. The number of anilines is 1. The van der Waals surface area contributed by atoms with E-state index in [2.05, 4.69) is 15.2 Å². The number of nitrogens with zero attached hydrogens (tertiary/aromatic N) is 2. The number of carbonyl (C=O) groups excluding carboxylic acids is 1. The average molecular weight is 376 g/mol. The second-order valence-corrected chi connectivity index (χ2v) is 7.50. The molecule has 2 aromatic carbocycles. The molecule has 1 amide bonds. The Hall–Kier alpha value is -2.18. The summed E-state index contributed by atoms with van der Waals surface area (Å²) in [5, 5.41) is 4.47. The standard InChI is InChI=1S/C18H15ClFN3OS/c19-13-3-1-11(2-4-13)8-21-17(24)12-9-23(10-12)18-22-15-6-5-14(20)7-16(15)25-18/h1-7,12H,8-10H2,(H,21,24). The van der Waals surface area contributed by atoms with Crippen molar-refractivity contribution in [1.82, 2.24) is 10.3 Å². The van der Waals surface area contributed by atoms with Crippen molar-refractivity contribution >= 4 is 44.2 Å². The summed E-state index contributed by atoms with van der Waals surface area (Å²) in [5.74, 6) is -0.264. The van der Waals surface area contributed by atoms with Gasteiger partial charge in [-0.25, -0.2) is 9.37 Å². The quantitative estimate of drug-likeness (QED) is 0.753. The number of benzene rings is 2. The number of fused-ring (bicyclic) bond motifs is 1. The topological polar surface area (TPSA) is 45.2 Å². The summed E-state index contributed by atoms with van der Waals surface area (Å²) in [6.45, 7) is 1.76. The summed E-state index contributed by atoms with van der Waals surface area (Å²) in [4.78, 5) is 18.8. The van der Waals surface area contributed by atoms with Gasteiger partial charge in [0.2, 0.25) is 5.91 Å². The Morgan fingerprint density at radius 2 is 2.04 bits per heavy atom. The van der Waals surface area contributed by atoms with Crippen LogP contribution in [0.25, 0.3) is 10.2 Å². The van der Waals surface area contributed by atoms with Crippen molar-refractivity contribution in [2.45, 2.75) is 6.54 Å². The maximum Gasteiger partial charge on any atom is 0.226 e. The predicted octanol–water partition coefficient (Wildman–Crippen LogP) is 3.84. The zero-order chi connectivity index (χ0) is 17.4. The fraction of sp³-hybridized carbons (Fsp3) is 0.222. The van der Waals surface area contributed by atoms with Crippen molar-refractivity contribution in [2.24, 2.45) is 5.92 Å². The number of rotatable bonds is 4. The number of nitrogens with one attached hydrogen (secondary N) is 1. The highest BCUT2D eigenvalue weighted by atomic mass is 35.5. The first kappa shape index (κ1) is 16.3. The molecule has 1 aromatic heterocycles. The van der Waals surface area contributed by atoms with E-state index in [-0.39, 0.29) is 17.6 Å². The molecule has 4 rings (SSSR count). The Labute approximate surface area is 153 Å². The first-order valence-electron chi connectivity index (χ1n) is 7.92. The summed E-state index contributed by atoms with van der Waals surface area (Å²) in [7, 11) is 0. The molecule has 2 heterocycles. The van der Waals surface area contributed by atoms with Gasteiger partial charge in [-0.1, -0.05) is 35.1 Å². The zero-order valence-electron chi connectivity index (χ0n) is 13.2. The van der Waals surface area contributed by atoms with Crippen LogP contribution >= 0.6 is 22.9 Å². The van der Waals surface area contributed by atoms with Gasteiger partial charge in [0.05, 0.1) is 16.1 Å². The van der Waals surface area contributed by atoms with E-state index >= 15 is 0 Å². The van der Waals surface area contributed by atoms with Crippen LogP contribution in [0.2, 0.25) is 5.02 Å². The van der Waals surface area contributed by atoms with Gasteiger partial charge in [-0.15, -0.1) is 0 Å². The van der Waals surface area contributed by atoms with Crippen LogP contribution in [0.3, 0.4) is 0 Å². The molecule has 0 aliphatic carbocycles. The average Bonchev–Trinajstić information content (AvgIpc) is 2.95. The summed E-state index contributed by atoms with van der Waals surface area (Å²) in [6.07, 6.45) is 0. The Balaban J connectivity index is 1.32. The van der Waals surface area contributed by atoms with Crippen molar-refractivity contribution in [3.63, 3.8) is 0 Å². The molecule has 0 radical (unpaired) electrons. The second-order valence-electron chi connectivity index (χ2n) is 6.05. The van der Waals surface area contributed by atoms with Crippen LogP contribution in [-0.2, 0) is 11.3 Å². The Bertz CT molecular complexity index is 922. The molecule has 1 aliphatic rings. The second kappa shape index (κ2) is 6.61. The molecule has 0 saturated carbocycles. The molecule has 4 nitrogen and oxygen atoms in total. The Morgan fingerprint density at radius 1 is 1.28 bits per heavy atom. The monoisotopic (exact) mass is 375 g/mol. The van der Waals surface area contributed by atoms with Crippen LogP contribution in [0.1, 0.15) is 5.56 Å². The summed E-state index contributed by atoms with van der Waals surface area (Å²) in [5.41, 5.74) is 1.80. The van der Waals surface area contributed by atoms with Crippen LogP contribution in [-0.4, -0.2) is 24.0 Å². The van der Waals surface area contributed by atoms with E-state index in [9.17, 15) is 9.18 Å². The van der Waals surface area contributed by atoms with Crippen LogP contribution in [0.5, 0.6) is 0 Å². The molecule has 0 unspecified atom stereocenters. The lowest BCUT2D eigenvalue weighted by Gasteiger charge is -2.37. The predicted molar refractivity (Wildman–Crippen MR) is 98.6 cm³/mol. The largest absolute Gasteiger partial charge is 0.352 e. The van der Waals surface area contributed by atoms with E-state index < -0.39 is 0 Å². The molecule has 128 valence electrons. The molecule has 3 aromatic rings. The number of hydrogen-bond donors (Lipinski definition) is 1. The van der Waals surface area contributed by atoms with Crippen LogP contribution in [0.4, 0.5) is 9.52 Å². The van der Waals surface area contributed by atoms with Gasteiger partial charge in [0, 0.05) is 24.7 Å². The van der Waals surface area contributed by atoms with Gasteiger partial charge in [0.25, 0.3) is 0 Å². The molecule has 1 saturated heterocycles. The van der Waals surface area contributed by atoms with E-state index in [1.54, 1.807) is 6.07 Å². The van der Waals surface area contributed by atoms with Gasteiger partial charge in [-0.05, 0) is 35.9 Å². The van der Waals surface area contributed by atoms with Gasteiger partial charge >= 0.3 is 0 Å². The van der Waals surface area contributed by atoms with Crippen LogP contribution in [0, 0.1) is 11.7 Å². The van der Waals surface area contributed by atoms with Gasteiger partial charge in [0.15, 0.2) is 5.13 Å². The number of carbonyl (C=O) groups is 1.